The maximum Gasteiger partial charge on any atom is 0.469 e. The Labute approximate surface area is 164 Å². The number of aromatic nitrogens is 4. The number of phosphoric ester groups is 1. The topological polar surface area (TPSA) is 164 Å². The molecule has 0 amide bonds. The Bertz CT molecular complexity index is 950. The van der Waals surface area contributed by atoms with E-state index < -0.39 is 38.1 Å². The Morgan fingerprint density at radius 1 is 1.36 bits per heavy atom. The molecule has 28 heavy (non-hydrogen) atoms. The van der Waals surface area contributed by atoms with Crippen LogP contribution in [0.4, 0.5) is 5.82 Å². The summed E-state index contributed by atoms with van der Waals surface area (Å²) in [5, 5.41) is 0.478. The van der Waals surface area contributed by atoms with E-state index in [9.17, 15) is 4.57 Å². The van der Waals surface area contributed by atoms with Crippen molar-refractivity contribution in [1.82, 2.24) is 19.5 Å². The molecule has 0 saturated carbocycles. The zero-order valence-corrected chi connectivity index (χ0v) is 17.0. The largest absolute Gasteiger partial charge is 0.469 e. The number of phosphoric acid groups is 1. The van der Waals surface area contributed by atoms with E-state index in [-0.39, 0.29) is 12.4 Å². The zero-order valence-electron chi connectivity index (χ0n) is 15.3. The van der Waals surface area contributed by atoms with E-state index in [2.05, 4.69) is 19.5 Å². The second-order valence-electron chi connectivity index (χ2n) is 6.84. The molecular weight excluding hydrogens is 413 g/mol. The number of nitrogens with two attached hydrogens (primary N) is 1. The molecule has 0 unspecified atom stereocenters. The molecule has 4 N–H and O–H groups in total. The van der Waals surface area contributed by atoms with Crippen LogP contribution in [0.15, 0.2) is 11.5 Å². The Morgan fingerprint density at radius 2 is 2.07 bits per heavy atom. The first-order valence-corrected chi connectivity index (χ1v) is 11.1. The average Bonchev–Trinajstić information content (AvgIpc) is 3.23. The molecule has 154 valence electrons. The van der Waals surface area contributed by atoms with Crippen LogP contribution in [0.3, 0.4) is 0 Å². The van der Waals surface area contributed by atoms with Crippen molar-refractivity contribution >= 4 is 36.6 Å². The average molecular weight is 433 g/mol. The first-order chi connectivity index (χ1) is 13.1. The van der Waals surface area contributed by atoms with Crippen LogP contribution in [-0.2, 0) is 23.3 Å². The fraction of sp³-hybridized carbons (Fsp3) is 0.643. The van der Waals surface area contributed by atoms with Gasteiger partial charge in [0.25, 0.3) is 0 Å². The molecule has 2 aromatic heterocycles. The molecule has 0 bridgehead atoms. The molecule has 4 heterocycles. The van der Waals surface area contributed by atoms with Gasteiger partial charge in [0.15, 0.2) is 28.6 Å². The van der Waals surface area contributed by atoms with Gasteiger partial charge in [0.1, 0.15) is 23.8 Å². The van der Waals surface area contributed by atoms with Gasteiger partial charge >= 0.3 is 7.82 Å². The summed E-state index contributed by atoms with van der Waals surface area (Å²) < 4.78 is 35.2. The van der Waals surface area contributed by atoms with Crippen molar-refractivity contribution in [2.24, 2.45) is 0 Å². The molecule has 2 aromatic rings. The predicted octanol–water partition coefficient (Wildman–Crippen LogP) is 0.657. The first kappa shape index (κ1) is 20.0. The third-order valence-electron chi connectivity index (χ3n) is 4.42. The third-order valence-corrected chi connectivity index (χ3v) is 5.45. The van der Waals surface area contributed by atoms with Crippen molar-refractivity contribution < 1.29 is 33.1 Å². The molecule has 0 aromatic carbocycles. The minimum Gasteiger partial charge on any atom is -0.382 e. The van der Waals surface area contributed by atoms with Crippen LogP contribution >= 0.6 is 19.6 Å². The van der Waals surface area contributed by atoms with Gasteiger partial charge in [0.2, 0.25) is 0 Å². The number of nitrogens with zero attached hydrogens (tertiary/aromatic N) is 4. The number of anilines is 1. The van der Waals surface area contributed by atoms with Crippen molar-refractivity contribution in [3.05, 3.63) is 6.33 Å². The monoisotopic (exact) mass is 433 g/mol. The Kier molecular flexibility index (Phi) is 4.91. The summed E-state index contributed by atoms with van der Waals surface area (Å²) in [5.74, 6) is -0.653. The number of nitrogen functional groups attached to an aromatic ring is 1. The molecule has 2 aliphatic heterocycles. The van der Waals surface area contributed by atoms with Crippen LogP contribution in [0.1, 0.15) is 20.1 Å². The highest BCUT2D eigenvalue weighted by molar-refractivity contribution is 7.98. The van der Waals surface area contributed by atoms with Gasteiger partial charge in [-0.25, -0.2) is 19.5 Å². The molecule has 0 spiro atoms. The number of thioether (sulfide) groups is 1. The number of imidazole rings is 1. The molecule has 2 fully saturated rings. The van der Waals surface area contributed by atoms with Crippen LogP contribution in [0.5, 0.6) is 0 Å². The van der Waals surface area contributed by atoms with E-state index in [1.165, 1.54) is 18.1 Å². The van der Waals surface area contributed by atoms with Gasteiger partial charge in [-0.1, -0.05) is 11.8 Å². The normalized spacial score (nSPS) is 29.5. The second-order valence-corrected chi connectivity index (χ2v) is 8.85. The summed E-state index contributed by atoms with van der Waals surface area (Å²) in [4.78, 5) is 30.9. The Balaban J connectivity index is 1.70. The fourth-order valence-corrected chi connectivity index (χ4v) is 4.09. The van der Waals surface area contributed by atoms with Gasteiger partial charge in [0, 0.05) is 0 Å². The predicted molar refractivity (Wildman–Crippen MR) is 97.2 cm³/mol. The number of hydrogen-bond donors (Lipinski definition) is 3. The summed E-state index contributed by atoms with van der Waals surface area (Å²) in [6, 6.07) is 0. The van der Waals surface area contributed by atoms with Gasteiger partial charge in [-0.2, -0.15) is 0 Å². The van der Waals surface area contributed by atoms with E-state index in [1.54, 1.807) is 18.4 Å². The zero-order chi connectivity index (χ0) is 20.3. The molecule has 2 saturated heterocycles. The molecule has 0 aliphatic carbocycles. The van der Waals surface area contributed by atoms with Gasteiger partial charge in [-0.3, -0.25) is 9.09 Å². The van der Waals surface area contributed by atoms with E-state index in [0.29, 0.717) is 16.3 Å². The van der Waals surface area contributed by atoms with Crippen LogP contribution < -0.4 is 5.73 Å². The third kappa shape index (κ3) is 3.64. The molecular formula is C14H20N5O7PS. The lowest BCUT2D eigenvalue weighted by Gasteiger charge is -2.24. The highest BCUT2D eigenvalue weighted by atomic mass is 32.2. The minimum atomic E-state index is -4.66. The van der Waals surface area contributed by atoms with Gasteiger partial charge in [-0.15, -0.1) is 0 Å². The summed E-state index contributed by atoms with van der Waals surface area (Å²) in [7, 11) is -4.66. The SMILES string of the molecule is CSc1nc(N)c2ncn([C@@H]3O[C@H](COP(=O)(O)O)[C@H]4OC(C)(C)O[C@H]43)c2n1. The lowest BCUT2D eigenvalue weighted by atomic mass is 10.1. The van der Waals surface area contributed by atoms with Crippen molar-refractivity contribution in [3.63, 3.8) is 0 Å². The lowest BCUT2D eigenvalue weighted by Crippen LogP contribution is -2.32. The minimum absolute atomic E-state index is 0.243. The van der Waals surface area contributed by atoms with E-state index in [0.717, 1.165) is 0 Å². The standard InChI is InChI=1S/C14H20N5O7PS/c1-14(2)25-8-6(4-23-27(20,21)22)24-12(9(8)26-14)19-5-16-7-10(15)17-13(28-3)18-11(7)19/h5-6,8-9,12H,4H2,1-3H3,(H2,15,17,18)(H2,20,21,22)/t6-,8-,9-,12-/m1/s1. The number of hydrogen-bond acceptors (Lipinski definition) is 10. The maximum atomic E-state index is 11.1. The number of ether oxygens (including phenoxy) is 3. The smallest absolute Gasteiger partial charge is 0.382 e. The molecule has 0 radical (unpaired) electrons. The van der Waals surface area contributed by atoms with Crippen molar-refractivity contribution in [2.45, 2.75) is 49.3 Å². The lowest BCUT2D eigenvalue weighted by molar-refractivity contribution is -0.199. The highest BCUT2D eigenvalue weighted by Crippen LogP contribution is 2.45. The number of rotatable bonds is 5. The van der Waals surface area contributed by atoms with Crippen LogP contribution in [0.25, 0.3) is 11.2 Å². The van der Waals surface area contributed by atoms with E-state index >= 15 is 0 Å². The summed E-state index contributed by atoms with van der Waals surface area (Å²) in [6.45, 7) is 3.14. The first-order valence-electron chi connectivity index (χ1n) is 8.33. The van der Waals surface area contributed by atoms with E-state index in [1.807, 2.05) is 6.26 Å². The van der Waals surface area contributed by atoms with Crippen molar-refractivity contribution in [3.8, 4) is 0 Å². The maximum absolute atomic E-state index is 11.1. The Hall–Kier alpha value is -1.31. The van der Waals surface area contributed by atoms with Gasteiger partial charge < -0.3 is 29.7 Å². The summed E-state index contributed by atoms with van der Waals surface area (Å²) in [6.07, 6.45) is 0.722. The number of fused-ring (bicyclic) bond motifs is 2. The second kappa shape index (κ2) is 6.89. The Morgan fingerprint density at radius 3 is 2.75 bits per heavy atom. The molecule has 2 aliphatic rings. The molecule has 14 heteroatoms. The van der Waals surface area contributed by atoms with E-state index in [4.69, 9.17) is 29.7 Å². The molecule has 4 atom stereocenters. The fourth-order valence-electron chi connectivity index (χ4n) is 3.38. The van der Waals surface area contributed by atoms with Crippen molar-refractivity contribution in [1.29, 1.82) is 0 Å². The molecule has 12 nitrogen and oxygen atoms in total. The van der Waals surface area contributed by atoms with Crippen LogP contribution in [0.2, 0.25) is 0 Å². The van der Waals surface area contributed by atoms with Crippen LogP contribution in [-0.4, -0.2) is 66.3 Å². The van der Waals surface area contributed by atoms with Gasteiger partial charge in [-0.05, 0) is 20.1 Å². The highest BCUT2D eigenvalue weighted by Gasteiger charge is 2.56. The van der Waals surface area contributed by atoms with Crippen LogP contribution in [0, 0.1) is 0 Å². The molecule has 4 rings (SSSR count). The summed E-state index contributed by atoms with van der Waals surface area (Å²) >= 11 is 1.34. The summed E-state index contributed by atoms with van der Waals surface area (Å²) in [5.41, 5.74) is 6.86. The van der Waals surface area contributed by atoms with Crippen molar-refractivity contribution in [2.75, 3.05) is 18.6 Å². The van der Waals surface area contributed by atoms with Gasteiger partial charge in [0.05, 0.1) is 12.9 Å². The quantitative estimate of drug-likeness (QED) is 0.343.